The van der Waals surface area contributed by atoms with Gasteiger partial charge in [-0.2, -0.15) is 5.10 Å². The molecule has 0 atom stereocenters. The van der Waals surface area contributed by atoms with Crippen LogP contribution >= 0.6 is 15.9 Å². The van der Waals surface area contributed by atoms with Gasteiger partial charge in [-0.05, 0) is 42.1 Å². The SMILES string of the molecule is CCCCCNC(=O)C1CCN(C(=O)c2n[nH]c(C)c2Br)CC1. The molecule has 0 aromatic carbocycles. The number of unbranched alkanes of at least 4 members (excludes halogenated alkanes) is 2. The molecule has 7 heteroatoms. The van der Waals surface area contributed by atoms with Crippen LogP contribution in [0.3, 0.4) is 0 Å². The Bertz CT molecular complexity index is 550. The van der Waals surface area contributed by atoms with E-state index in [1.807, 2.05) is 6.92 Å². The van der Waals surface area contributed by atoms with Gasteiger partial charge in [0.05, 0.1) is 4.47 Å². The van der Waals surface area contributed by atoms with Crippen LogP contribution in [0.1, 0.15) is 55.2 Å². The molecule has 128 valence electrons. The van der Waals surface area contributed by atoms with Crippen LogP contribution in [0.25, 0.3) is 0 Å². The number of nitrogens with zero attached hydrogens (tertiary/aromatic N) is 2. The van der Waals surface area contributed by atoms with Gasteiger partial charge in [-0.1, -0.05) is 19.8 Å². The number of aromatic nitrogens is 2. The monoisotopic (exact) mass is 384 g/mol. The number of carbonyl (C=O) groups is 2. The molecule has 0 radical (unpaired) electrons. The first-order valence-electron chi connectivity index (χ1n) is 8.32. The Balaban J connectivity index is 1.80. The maximum Gasteiger partial charge on any atom is 0.275 e. The van der Waals surface area contributed by atoms with E-state index < -0.39 is 0 Å². The minimum absolute atomic E-state index is 0.0186. The third-order valence-electron chi connectivity index (χ3n) is 4.31. The van der Waals surface area contributed by atoms with Crippen molar-refractivity contribution in [1.29, 1.82) is 0 Å². The number of carbonyl (C=O) groups excluding carboxylic acids is 2. The predicted octanol–water partition coefficient (Wildman–Crippen LogP) is 2.64. The quantitative estimate of drug-likeness (QED) is 0.739. The first-order chi connectivity index (χ1) is 11.0. The number of halogens is 1. The smallest absolute Gasteiger partial charge is 0.275 e. The molecular weight excluding hydrogens is 360 g/mol. The average molecular weight is 385 g/mol. The number of nitrogens with one attached hydrogen (secondary N) is 2. The lowest BCUT2D eigenvalue weighted by atomic mass is 9.95. The van der Waals surface area contributed by atoms with E-state index in [0.29, 0.717) is 31.6 Å². The van der Waals surface area contributed by atoms with Gasteiger partial charge in [0.25, 0.3) is 5.91 Å². The van der Waals surface area contributed by atoms with Crippen molar-refractivity contribution in [2.24, 2.45) is 5.92 Å². The van der Waals surface area contributed by atoms with Crippen LogP contribution in [0.15, 0.2) is 4.47 Å². The zero-order chi connectivity index (χ0) is 16.8. The molecular formula is C16H25BrN4O2. The summed E-state index contributed by atoms with van der Waals surface area (Å²) in [5, 5.41) is 9.88. The van der Waals surface area contributed by atoms with E-state index in [1.165, 1.54) is 0 Å². The molecule has 1 aliphatic rings. The van der Waals surface area contributed by atoms with E-state index in [-0.39, 0.29) is 17.7 Å². The summed E-state index contributed by atoms with van der Waals surface area (Å²) in [4.78, 5) is 26.4. The number of aromatic amines is 1. The molecule has 1 aromatic rings. The van der Waals surface area contributed by atoms with Crippen LogP contribution in [0.2, 0.25) is 0 Å². The maximum atomic E-state index is 12.5. The summed E-state index contributed by atoms with van der Waals surface area (Å²) in [5.41, 5.74) is 1.26. The minimum atomic E-state index is -0.0805. The van der Waals surface area contributed by atoms with Gasteiger partial charge in [-0.25, -0.2) is 0 Å². The lowest BCUT2D eigenvalue weighted by molar-refractivity contribution is -0.126. The fourth-order valence-corrected chi connectivity index (χ4v) is 3.13. The van der Waals surface area contributed by atoms with Crippen molar-refractivity contribution in [3.05, 3.63) is 15.9 Å². The van der Waals surface area contributed by atoms with Gasteiger partial charge in [0.2, 0.25) is 5.91 Å². The highest BCUT2D eigenvalue weighted by atomic mass is 79.9. The molecule has 1 fully saturated rings. The predicted molar refractivity (Wildman–Crippen MR) is 92.2 cm³/mol. The first-order valence-corrected chi connectivity index (χ1v) is 9.11. The van der Waals surface area contributed by atoms with Crippen molar-refractivity contribution >= 4 is 27.7 Å². The van der Waals surface area contributed by atoms with Crippen molar-refractivity contribution in [2.45, 2.75) is 46.0 Å². The number of aryl methyl sites for hydroxylation is 1. The van der Waals surface area contributed by atoms with Crippen molar-refractivity contribution in [2.75, 3.05) is 19.6 Å². The van der Waals surface area contributed by atoms with E-state index >= 15 is 0 Å². The minimum Gasteiger partial charge on any atom is -0.356 e. The Morgan fingerprint density at radius 1 is 1.35 bits per heavy atom. The van der Waals surface area contributed by atoms with E-state index in [9.17, 15) is 9.59 Å². The largest absolute Gasteiger partial charge is 0.356 e. The number of rotatable bonds is 6. The topological polar surface area (TPSA) is 78.1 Å². The number of piperidine rings is 1. The number of likely N-dealkylation sites (tertiary alicyclic amines) is 1. The number of H-pyrrole nitrogens is 1. The lowest BCUT2D eigenvalue weighted by Gasteiger charge is -2.31. The highest BCUT2D eigenvalue weighted by Crippen LogP contribution is 2.23. The fraction of sp³-hybridized carbons (Fsp3) is 0.688. The van der Waals surface area contributed by atoms with Gasteiger partial charge in [-0.3, -0.25) is 14.7 Å². The summed E-state index contributed by atoms with van der Waals surface area (Å²) in [6.07, 6.45) is 4.76. The highest BCUT2D eigenvalue weighted by molar-refractivity contribution is 9.10. The van der Waals surface area contributed by atoms with E-state index in [0.717, 1.165) is 36.0 Å². The highest BCUT2D eigenvalue weighted by Gasteiger charge is 2.29. The van der Waals surface area contributed by atoms with Gasteiger partial charge >= 0.3 is 0 Å². The Labute approximate surface area is 145 Å². The van der Waals surface area contributed by atoms with Crippen LogP contribution in [0.5, 0.6) is 0 Å². The third kappa shape index (κ3) is 4.56. The molecule has 6 nitrogen and oxygen atoms in total. The molecule has 2 N–H and O–H groups in total. The Kier molecular flexibility index (Phi) is 6.62. The molecule has 0 spiro atoms. The second-order valence-corrected chi connectivity index (χ2v) is 6.87. The average Bonchev–Trinajstić information content (AvgIpc) is 2.90. The lowest BCUT2D eigenvalue weighted by Crippen LogP contribution is -2.43. The summed E-state index contributed by atoms with van der Waals surface area (Å²) in [6, 6.07) is 0. The molecule has 0 unspecified atom stereocenters. The van der Waals surface area contributed by atoms with Crippen LogP contribution in [0, 0.1) is 12.8 Å². The first kappa shape index (κ1) is 18.0. The summed E-state index contributed by atoms with van der Waals surface area (Å²) >= 11 is 3.39. The Morgan fingerprint density at radius 2 is 2.04 bits per heavy atom. The molecule has 2 amide bonds. The van der Waals surface area contributed by atoms with Crippen molar-refractivity contribution < 1.29 is 9.59 Å². The van der Waals surface area contributed by atoms with Crippen LogP contribution in [-0.2, 0) is 4.79 Å². The molecule has 1 aromatic heterocycles. The van der Waals surface area contributed by atoms with Crippen molar-refractivity contribution in [1.82, 2.24) is 20.4 Å². The summed E-state index contributed by atoms with van der Waals surface area (Å²) < 4.78 is 0.721. The number of hydrogen-bond acceptors (Lipinski definition) is 3. The van der Waals surface area contributed by atoms with Gasteiger partial charge < -0.3 is 10.2 Å². The Hall–Kier alpha value is -1.37. The number of hydrogen-bond donors (Lipinski definition) is 2. The van der Waals surface area contributed by atoms with Crippen LogP contribution in [-0.4, -0.2) is 46.5 Å². The molecule has 2 heterocycles. The molecule has 0 saturated carbocycles. The van der Waals surface area contributed by atoms with E-state index in [1.54, 1.807) is 4.90 Å². The fourth-order valence-electron chi connectivity index (χ4n) is 2.78. The van der Waals surface area contributed by atoms with Gasteiger partial charge in [0.1, 0.15) is 0 Å². The van der Waals surface area contributed by atoms with Crippen LogP contribution in [0.4, 0.5) is 0 Å². The van der Waals surface area contributed by atoms with Crippen LogP contribution < -0.4 is 5.32 Å². The number of amides is 2. The summed E-state index contributed by atoms with van der Waals surface area (Å²) in [7, 11) is 0. The summed E-state index contributed by atoms with van der Waals surface area (Å²) in [5.74, 6) is 0.0677. The standard InChI is InChI=1S/C16H25BrN4O2/c1-3-4-5-8-18-15(22)12-6-9-21(10-7-12)16(23)14-13(17)11(2)19-20-14/h12H,3-10H2,1-2H3,(H,18,22)(H,19,20). The van der Waals surface area contributed by atoms with E-state index in [4.69, 9.17) is 0 Å². The molecule has 1 aliphatic heterocycles. The summed E-state index contributed by atoms with van der Waals surface area (Å²) in [6.45, 7) is 5.97. The molecule has 0 bridgehead atoms. The van der Waals surface area contributed by atoms with Gasteiger partial charge in [0, 0.05) is 31.2 Å². The molecule has 2 rings (SSSR count). The third-order valence-corrected chi connectivity index (χ3v) is 5.28. The van der Waals surface area contributed by atoms with Crippen molar-refractivity contribution in [3.8, 4) is 0 Å². The van der Waals surface area contributed by atoms with Gasteiger partial charge in [-0.15, -0.1) is 0 Å². The molecule has 1 saturated heterocycles. The molecule has 0 aliphatic carbocycles. The van der Waals surface area contributed by atoms with E-state index in [2.05, 4.69) is 38.4 Å². The zero-order valence-corrected chi connectivity index (χ0v) is 15.4. The Morgan fingerprint density at radius 3 is 2.61 bits per heavy atom. The second kappa shape index (κ2) is 8.47. The normalized spacial score (nSPS) is 15.7. The second-order valence-electron chi connectivity index (χ2n) is 6.08. The zero-order valence-electron chi connectivity index (χ0n) is 13.8. The van der Waals surface area contributed by atoms with Crippen molar-refractivity contribution in [3.63, 3.8) is 0 Å². The van der Waals surface area contributed by atoms with Gasteiger partial charge in [0.15, 0.2) is 5.69 Å². The molecule has 23 heavy (non-hydrogen) atoms. The maximum absolute atomic E-state index is 12.5.